The molecule has 0 amide bonds. The minimum Gasteiger partial charge on any atom is -0.207 e. The standard InChI is InChI=1S/C18H27FS/c1-5-15(14-18(3,4)20-6-2)8-7-9-16-10-12-17(19)13-11-16/h7,9-13,15H,5-6,8,14H2,1-4H3. The van der Waals surface area contributed by atoms with Crippen LogP contribution < -0.4 is 0 Å². The number of thioether (sulfide) groups is 1. The van der Waals surface area contributed by atoms with Gasteiger partial charge < -0.3 is 0 Å². The lowest BCUT2D eigenvalue weighted by atomic mass is 9.91. The summed E-state index contributed by atoms with van der Waals surface area (Å²) in [7, 11) is 0. The van der Waals surface area contributed by atoms with Gasteiger partial charge in [0.05, 0.1) is 0 Å². The summed E-state index contributed by atoms with van der Waals surface area (Å²) < 4.78 is 13.2. The van der Waals surface area contributed by atoms with Crippen molar-refractivity contribution in [1.82, 2.24) is 0 Å². The summed E-state index contributed by atoms with van der Waals surface area (Å²) in [6.45, 7) is 9.17. The van der Waals surface area contributed by atoms with Crippen molar-refractivity contribution in [2.75, 3.05) is 5.75 Å². The lowest BCUT2D eigenvalue weighted by Crippen LogP contribution is -2.20. The molecule has 0 saturated heterocycles. The number of halogens is 1. The van der Waals surface area contributed by atoms with Gasteiger partial charge >= 0.3 is 0 Å². The van der Waals surface area contributed by atoms with Gasteiger partial charge in [-0.25, -0.2) is 4.39 Å². The molecule has 1 unspecified atom stereocenters. The number of hydrogen-bond donors (Lipinski definition) is 0. The van der Waals surface area contributed by atoms with Crippen LogP contribution >= 0.6 is 11.8 Å². The lowest BCUT2D eigenvalue weighted by molar-refractivity contribution is 0.426. The molecule has 1 atom stereocenters. The summed E-state index contributed by atoms with van der Waals surface area (Å²) in [4.78, 5) is 0. The zero-order valence-electron chi connectivity index (χ0n) is 13.2. The second-order valence-corrected chi connectivity index (χ2v) is 7.83. The van der Waals surface area contributed by atoms with Gasteiger partial charge in [-0.2, -0.15) is 11.8 Å². The van der Waals surface area contributed by atoms with Crippen molar-refractivity contribution in [1.29, 1.82) is 0 Å². The Kier molecular flexibility index (Phi) is 7.36. The van der Waals surface area contributed by atoms with E-state index in [9.17, 15) is 4.39 Å². The van der Waals surface area contributed by atoms with Gasteiger partial charge in [-0.05, 0) is 42.2 Å². The Balaban J connectivity index is 2.50. The fraction of sp³-hybridized carbons (Fsp3) is 0.556. The number of allylic oxidation sites excluding steroid dienone is 1. The SMILES string of the molecule is CCSC(C)(C)CC(CC)CC=Cc1ccc(F)cc1. The molecule has 0 bridgehead atoms. The Morgan fingerprint density at radius 2 is 1.85 bits per heavy atom. The van der Waals surface area contributed by atoms with Crippen molar-refractivity contribution in [3.05, 3.63) is 41.7 Å². The number of rotatable bonds is 8. The molecule has 1 rings (SSSR count). The van der Waals surface area contributed by atoms with Crippen LogP contribution in [0.5, 0.6) is 0 Å². The molecule has 0 fully saturated rings. The molecule has 0 radical (unpaired) electrons. The topological polar surface area (TPSA) is 0 Å². The van der Waals surface area contributed by atoms with Crippen LogP contribution in [0.1, 0.15) is 52.5 Å². The van der Waals surface area contributed by atoms with E-state index < -0.39 is 0 Å². The van der Waals surface area contributed by atoms with Gasteiger partial charge in [0.1, 0.15) is 5.82 Å². The van der Waals surface area contributed by atoms with Gasteiger partial charge in [0.15, 0.2) is 0 Å². The van der Waals surface area contributed by atoms with E-state index in [1.165, 1.54) is 30.7 Å². The van der Waals surface area contributed by atoms with Crippen molar-refractivity contribution in [3.8, 4) is 0 Å². The van der Waals surface area contributed by atoms with E-state index in [0.717, 1.165) is 17.9 Å². The normalized spacial score (nSPS) is 13.8. The molecule has 0 spiro atoms. The molecule has 0 aliphatic heterocycles. The van der Waals surface area contributed by atoms with Gasteiger partial charge in [-0.15, -0.1) is 0 Å². The third kappa shape index (κ3) is 6.60. The molecule has 0 aromatic heterocycles. The third-order valence-corrected chi connectivity index (χ3v) is 4.78. The highest BCUT2D eigenvalue weighted by Gasteiger charge is 2.21. The van der Waals surface area contributed by atoms with Crippen molar-refractivity contribution in [2.24, 2.45) is 5.92 Å². The molecular formula is C18H27FS. The molecule has 0 nitrogen and oxygen atoms in total. The first-order valence-corrected chi connectivity index (χ1v) is 8.51. The van der Waals surface area contributed by atoms with Crippen LogP contribution in [0.4, 0.5) is 4.39 Å². The lowest BCUT2D eigenvalue weighted by Gasteiger charge is -2.28. The van der Waals surface area contributed by atoms with Gasteiger partial charge in [-0.1, -0.05) is 58.4 Å². The monoisotopic (exact) mass is 294 g/mol. The maximum Gasteiger partial charge on any atom is 0.123 e. The van der Waals surface area contributed by atoms with Crippen molar-refractivity contribution in [3.63, 3.8) is 0 Å². The van der Waals surface area contributed by atoms with E-state index in [1.54, 1.807) is 0 Å². The molecule has 2 heteroatoms. The first-order chi connectivity index (χ1) is 9.46. The van der Waals surface area contributed by atoms with Crippen LogP contribution in [-0.2, 0) is 0 Å². The van der Waals surface area contributed by atoms with Crippen LogP contribution in [0.2, 0.25) is 0 Å². The molecular weight excluding hydrogens is 267 g/mol. The molecule has 0 aliphatic carbocycles. The first-order valence-electron chi connectivity index (χ1n) is 7.53. The van der Waals surface area contributed by atoms with Crippen LogP contribution in [0.3, 0.4) is 0 Å². The van der Waals surface area contributed by atoms with Crippen molar-refractivity contribution >= 4 is 17.8 Å². The van der Waals surface area contributed by atoms with Crippen molar-refractivity contribution in [2.45, 2.75) is 51.7 Å². The highest BCUT2D eigenvalue weighted by molar-refractivity contribution is 8.00. The zero-order chi connectivity index (χ0) is 15.0. The van der Waals surface area contributed by atoms with E-state index >= 15 is 0 Å². The maximum atomic E-state index is 12.8. The summed E-state index contributed by atoms with van der Waals surface area (Å²) in [6.07, 6.45) is 7.88. The second kappa shape index (κ2) is 8.51. The predicted molar refractivity (Wildman–Crippen MR) is 90.7 cm³/mol. The summed E-state index contributed by atoms with van der Waals surface area (Å²) in [6, 6.07) is 6.67. The Labute approximate surface area is 127 Å². The maximum absolute atomic E-state index is 12.8. The summed E-state index contributed by atoms with van der Waals surface area (Å²) >= 11 is 2.04. The molecule has 20 heavy (non-hydrogen) atoms. The minimum atomic E-state index is -0.174. The van der Waals surface area contributed by atoms with Gasteiger partial charge in [0, 0.05) is 4.75 Å². The Bertz CT molecular complexity index is 406. The fourth-order valence-electron chi connectivity index (χ4n) is 2.51. The van der Waals surface area contributed by atoms with E-state index in [4.69, 9.17) is 0 Å². The second-order valence-electron chi connectivity index (χ2n) is 5.86. The quantitative estimate of drug-likeness (QED) is 0.552. The summed E-state index contributed by atoms with van der Waals surface area (Å²) in [5.74, 6) is 1.72. The third-order valence-electron chi connectivity index (χ3n) is 3.54. The summed E-state index contributed by atoms with van der Waals surface area (Å²) in [5, 5.41) is 0. The van der Waals surface area contributed by atoms with E-state index in [0.29, 0.717) is 4.75 Å². The minimum absolute atomic E-state index is 0.174. The first kappa shape index (κ1) is 17.3. The van der Waals surface area contributed by atoms with E-state index in [1.807, 2.05) is 23.9 Å². The molecule has 0 saturated carbocycles. The van der Waals surface area contributed by atoms with Gasteiger partial charge in [-0.3, -0.25) is 0 Å². The van der Waals surface area contributed by atoms with Crippen LogP contribution in [0.15, 0.2) is 30.3 Å². The molecule has 112 valence electrons. The highest BCUT2D eigenvalue weighted by atomic mass is 32.2. The van der Waals surface area contributed by atoms with E-state index in [2.05, 4.69) is 39.8 Å². The van der Waals surface area contributed by atoms with E-state index in [-0.39, 0.29) is 5.82 Å². The average Bonchev–Trinajstić information content (AvgIpc) is 2.39. The van der Waals surface area contributed by atoms with Crippen LogP contribution in [-0.4, -0.2) is 10.5 Å². The number of hydrogen-bond acceptors (Lipinski definition) is 1. The van der Waals surface area contributed by atoms with Gasteiger partial charge in [0.25, 0.3) is 0 Å². The van der Waals surface area contributed by atoms with Crippen molar-refractivity contribution < 1.29 is 4.39 Å². The Morgan fingerprint density at radius 1 is 1.20 bits per heavy atom. The largest absolute Gasteiger partial charge is 0.207 e. The molecule has 1 aromatic carbocycles. The van der Waals surface area contributed by atoms with Gasteiger partial charge in [0.2, 0.25) is 0 Å². The van der Waals surface area contributed by atoms with Crippen LogP contribution in [0.25, 0.3) is 6.08 Å². The number of benzene rings is 1. The Hall–Kier alpha value is -0.760. The Morgan fingerprint density at radius 3 is 2.40 bits per heavy atom. The smallest absolute Gasteiger partial charge is 0.123 e. The molecule has 1 aromatic rings. The summed E-state index contributed by atoms with van der Waals surface area (Å²) in [5.41, 5.74) is 1.07. The molecule has 0 N–H and O–H groups in total. The molecule has 0 heterocycles. The fourth-order valence-corrected chi connectivity index (χ4v) is 3.64. The van der Waals surface area contributed by atoms with Crippen LogP contribution in [0, 0.1) is 11.7 Å². The predicted octanol–water partition coefficient (Wildman–Crippen LogP) is 6.18. The zero-order valence-corrected chi connectivity index (χ0v) is 14.0. The average molecular weight is 294 g/mol. The highest BCUT2D eigenvalue weighted by Crippen LogP contribution is 2.33. The molecule has 0 aliphatic rings.